The van der Waals surface area contributed by atoms with Crippen LogP contribution in [-0.4, -0.2) is 32.4 Å². The molecule has 1 aliphatic rings. The number of nitrogens with two attached hydrogens (primary N) is 1. The van der Waals surface area contributed by atoms with E-state index in [1.807, 2.05) is 36.2 Å². The summed E-state index contributed by atoms with van der Waals surface area (Å²) < 4.78 is 28.8. The van der Waals surface area contributed by atoms with E-state index in [0.29, 0.717) is 31.5 Å². The van der Waals surface area contributed by atoms with Crippen molar-refractivity contribution in [3.8, 4) is 0 Å². The van der Waals surface area contributed by atoms with Crippen molar-refractivity contribution in [3.63, 3.8) is 0 Å². The molecule has 162 valence electrons. The number of carbonyl (C=O) groups is 1. The summed E-state index contributed by atoms with van der Waals surface area (Å²) in [5.41, 5.74) is 9.10. The Labute approximate surface area is 180 Å². The highest BCUT2D eigenvalue weighted by Gasteiger charge is 2.33. The van der Waals surface area contributed by atoms with Gasteiger partial charge < -0.3 is 15.2 Å². The van der Waals surface area contributed by atoms with Crippen LogP contribution < -0.4 is 5.73 Å². The third-order valence-corrected chi connectivity index (χ3v) is 5.93. The standard InChI is InChI=1S/C24H26F2N4O/c1-16-13-28-23-15-30(19(14-29(16)23)11-17-5-3-2-4-6-17)24(31)22(27)10-8-18-7-9-20(25)21(26)12-18/h2-7,9,12-13,19,22H,8,10-11,14-15,27H2,1H3/t19?,22-/m1/s1. The number of benzene rings is 2. The monoisotopic (exact) mass is 424 g/mol. The number of halogens is 2. The number of hydrogen-bond donors (Lipinski definition) is 1. The van der Waals surface area contributed by atoms with Crippen molar-refractivity contribution in [1.82, 2.24) is 14.5 Å². The molecule has 1 aliphatic heterocycles. The molecule has 7 heteroatoms. The summed E-state index contributed by atoms with van der Waals surface area (Å²) in [6, 6.07) is 13.1. The Balaban J connectivity index is 1.49. The van der Waals surface area contributed by atoms with Crippen LogP contribution in [0.5, 0.6) is 0 Å². The van der Waals surface area contributed by atoms with Crippen molar-refractivity contribution in [2.24, 2.45) is 5.73 Å². The van der Waals surface area contributed by atoms with Gasteiger partial charge in [-0.1, -0.05) is 36.4 Å². The second-order valence-corrected chi connectivity index (χ2v) is 8.13. The van der Waals surface area contributed by atoms with Crippen molar-refractivity contribution in [1.29, 1.82) is 0 Å². The van der Waals surface area contributed by atoms with Gasteiger partial charge in [-0.25, -0.2) is 13.8 Å². The zero-order valence-corrected chi connectivity index (χ0v) is 17.5. The molecule has 4 rings (SSSR count). The molecule has 2 aromatic carbocycles. The van der Waals surface area contributed by atoms with E-state index in [4.69, 9.17) is 5.73 Å². The summed E-state index contributed by atoms with van der Waals surface area (Å²) in [6.45, 7) is 3.09. The van der Waals surface area contributed by atoms with Crippen LogP contribution >= 0.6 is 0 Å². The second kappa shape index (κ2) is 8.98. The molecule has 0 spiro atoms. The van der Waals surface area contributed by atoms with Gasteiger partial charge in [-0.15, -0.1) is 0 Å². The van der Waals surface area contributed by atoms with Gasteiger partial charge >= 0.3 is 0 Å². The minimum atomic E-state index is -0.890. The van der Waals surface area contributed by atoms with E-state index in [1.165, 1.54) is 6.07 Å². The average Bonchev–Trinajstić information content (AvgIpc) is 3.13. The van der Waals surface area contributed by atoms with Crippen LogP contribution in [0.2, 0.25) is 0 Å². The van der Waals surface area contributed by atoms with Gasteiger partial charge in [0, 0.05) is 18.4 Å². The summed E-state index contributed by atoms with van der Waals surface area (Å²) in [7, 11) is 0. The number of carbonyl (C=O) groups excluding carboxylic acids is 1. The molecule has 0 bridgehead atoms. The largest absolute Gasteiger partial charge is 0.329 e. The van der Waals surface area contributed by atoms with E-state index in [9.17, 15) is 13.6 Å². The molecule has 0 fully saturated rings. The number of fused-ring (bicyclic) bond motifs is 1. The van der Waals surface area contributed by atoms with E-state index in [1.54, 1.807) is 0 Å². The minimum Gasteiger partial charge on any atom is -0.329 e. The lowest BCUT2D eigenvalue weighted by molar-refractivity contribution is -0.137. The lowest BCUT2D eigenvalue weighted by Gasteiger charge is -2.38. The molecular weight excluding hydrogens is 398 g/mol. The smallest absolute Gasteiger partial charge is 0.240 e. The number of imidazole rings is 1. The molecule has 1 amide bonds. The van der Waals surface area contributed by atoms with Gasteiger partial charge in [-0.05, 0) is 49.4 Å². The third-order valence-electron chi connectivity index (χ3n) is 5.93. The summed E-state index contributed by atoms with van der Waals surface area (Å²) in [6.07, 6.45) is 3.30. The predicted octanol–water partition coefficient (Wildman–Crippen LogP) is 3.38. The fourth-order valence-electron chi connectivity index (χ4n) is 4.15. The molecular formula is C24H26F2N4O. The molecule has 2 heterocycles. The highest BCUT2D eigenvalue weighted by molar-refractivity contribution is 5.82. The minimum absolute atomic E-state index is 0.0374. The zero-order chi connectivity index (χ0) is 22.0. The highest BCUT2D eigenvalue weighted by atomic mass is 19.2. The summed E-state index contributed by atoms with van der Waals surface area (Å²) in [4.78, 5) is 19.6. The Morgan fingerprint density at radius 2 is 1.94 bits per heavy atom. The Kier molecular flexibility index (Phi) is 6.13. The zero-order valence-electron chi connectivity index (χ0n) is 17.5. The second-order valence-electron chi connectivity index (χ2n) is 8.13. The van der Waals surface area contributed by atoms with Gasteiger partial charge in [-0.3, -0.25) is 4.79 Å². The van der Waals surface area contributed by atoms with Crippen LogP contribution in [0.25, 0.3) is 0 Å². The van der Waals surface area contributed by atoms with E-state index in [0.717, 1.165) is 35.6 Å². The van der Waals surface area contributed by atoms with Gasteiger partial charge in [0.2, 0.25) is 5.91 Å². The molecule has 2 N–H and O–H groups in total. The molecule has 3 aromatic rings. The van der Waals surface area contributed by atoms with Gasteiger partial charge in [0.05, 0.1) is 18.6 Å². The highest BCUT2D eigenvalue weighted by Crippen LogP contribution is 2.23. The topological polar surface area (TPSA) is 64.2 Å². The maximum absolute atomic E-state index is 13.5. The molecule has 1 unspecified atom stereocenters. The maximum Gasteiger partial charge on any atom is 0.240 e. The Hall–Kier alpha value is -3.06. The number of rotatable bonds is 6. The third kappa shape index (κ3) is 4.66. The fourth-order valence-corrected chi connectivity index (χ4v) is 4.15. The molecule has 0 saturated carbocycles. The van der Waals surface area contributed by atoms with Crippen molar-refractivity contribution in [2.75, 3.05) is 0 Å². The fraction of sp³-hybridized carbons (Fsp3) is 0.333. The molecule has 0 saturated heterocycles. The number of nitrogens with zero attached hydrogens (tertiary/aromatic N) is 3. The molecule has 2 atom stereocenters. The van der Waals surface area contributed by atoms with Crippen LogP contribution in [0.3, 0.4) is 0 Å². The van der Waals surface area contributed by atoms with Crippen LogP contribution in [0, 0.1) is 18.6 Å². The first kappa shape index (κ1) is 21.2. The van der Waals surface area contributed by atoms with Crippen molar-refractivity contribution in [2.45, 2.75) is 51.4 Å². The molecule has 0 aliphatic carbocycles. The first-order valence-corrected chi connectivity index (χ1v) is 10.5. The van der Waals surface area contributed by atoms with Gasteiger partial charge in [0.1, 0.15) is 5.82 Å². The Morgan fingerprint density at radius 3 is 2.68 bits per heavy atom. The summed E-state index contributed by atoms with van der Waals surface area (Å²) in [5, 5.41) is 0. The molecule has 0 radical (unpaired) electrons. The van der Waals surface area contributed by atoms with Crippen LogP contribution in [0.1, 0.15) is 29.1 Å². The molecule has 1 aromatic heterocycles. The average molecular weight is 424 g/mol. The van der Waals surface area contributed by atoms with E-state index in [-0.39, 0.29) is 11.9 Å². The SMILES string of the molecule is Cc1cnc2n1CC(Cc1ccccc1)N(C(=O)[C@H](N)CCc1ccc(F)c(F)c1)C2. The van der Waals surface area contributed by atoms with Crippen LogP contribution in [-0.2, 0) is 30.7 Å². The first-order valence-electron chi connectivity index (χ1n) is 10.5. The maximum atomic E-state index is 13.5. The van der Waals surface area contributed by atoms with Gasteiger partial charge in [0.25, 0.3) is 0 Å². The number of hydrogen-bond acceptors (Lipinski definition) is 3. The number of amides is 1. The van der Waals surface area contributed by atoms with Crippen molar-refractivity contribution in [3.05, 3.63) is 89.0 Å². The Morgan fingerprint density at radius 1 is 1.16 bits per heavy atom. The number of aromatic nitrogens is 2. The molecule has 31 heavy (non-hydrogen) atoms. The summed E-state index contributed by atoms with van der Waals surface area (Å²) in [5.74, 6) is -1.07. The summed E-state index contributed by atoms with van der Waals surface area (Å²) >= 11 is 0. The molecule has 5 nitrogen and oxygen atoms in total. The van der Waals surface area contributed by atoms with Gasteiger partial charge in [-0.2, -0.15) is 0 Å². The van der Waals surface area contributed by atoms with Crippen LogP contribution in [0.15, 0.2) is 54.7 Å². The first-order chi connectivity index (χ1) is 14.9. The van der Waals surface area contributed by atoms with Crippen LogP contribution in [0.4, 0.5) is 8.78 Å². The van der Waals surface area contributed by atoms with Crippen molar-refractivity contribution >= 4 is 5.91 Å². The number of aryl methyl sites for hydroxylation is 2. The lowest BCUT2D eigenvalue weighted by Crippen LogP contribution is -2.53. The lowest BCUT2D eigenvalue weighted by atomic mass is 10.00. The predicted molar refractivity (Wildman–Crippen MR) is 114 cm³/mol. The normalized spacial score (nSPS) is 16.8. The van der Waals surface area contributed by atoms with E-state index >= 15 is 0 Å². The van der Waals surface area contributed by atoms with E-state index in [2.05, 4.69) is 21.7 Å². The quantitative estimate of drug-likeness (QED) is 0.660. The van der Waals surface area contributed by atoms with Gasteiger partial charge in [0.15, 0.2) is 11.6 Å². The van der Waals surface area contributed by atoms with E-state index < -0.39 is 17.7 Å². The van der Waals surface area contributed by atoms with Crippen molar-refractivity contribution < 1.29 is 13.6 Å². The Bertz CT molecular complexity index is 1070.